The summed E-state index contributed by atoms with van der Waals surface area (Å²) in [5.41, 5.74) is 6.86. The lowest BCUT2D eigenvalue weighted by molar-refractivity contribution is 0.00545. The number of hydrogen-bond donors (Lipinski definition) is 0. The van der Waals surface area contributed by atoms with Gasteiger partial charge in [-0.05, 0) is 86.7 Å². The number of carbonyl (C=O) groups excluding carboxylic acids is 1. The van der Waals surface area contributed by atoms with Crippen LogP contribution in [0.15, 0.2) is 54.6 Å². The van der Waals surface area contributed by atoms with Crippen molar-refractivity contribution in [2.24, 2.45) is 0 Å². The normalized spacial score (nSPS) is 21.2. The number of anilines is 1. The highest BCUT2D eigenvalue weighted by Crippen LogP contribution is 2.49. The van der Waals surface area contributed by atoms with Crippen LogP contribution in [0, 0.1) is 23.1 Å². The number of nitrogens with zero attached hydrogens (tertiary/aromatic N) is 5. The van der Waals surface area contributed by atoms with E-state index in [1.165, 1.54) is 13.2 Å². The number of aromatic nitrogens is 2. The maximum absolute atomic E-state index is 18.3. The van der Waals surface area contributed by atoms with Crippen LogP contribution in [0.4, 0.5) is 19.3 Å². The van der Waals surface area contributed by atoms with E-state index < -0.39 is 25.3 Å². The van der Waals surface area contributed by atoms with Crippen molar-refractivity contribution in [1.82, 2.24) is 19.8 Å². The Morgan fingerprint density at radius 1 is 0.955 bits per heavy atom. The average molecular weight is 934 g/mol. The molecule has 9 rings (SSSR count). The molecule has 5 aliphatic heterocycles. The molecule has 356 valence electrons. The van der Waals surface area contributed by atoms with Gasteiger partial charge in [-0.3, -0.25) is 9.80 Å². The summed E-state index contributed by atoms with van der Waals surface area (Å²) in [6.07, 6.45) is 2.68. The summed E-state index contributed by atoms with van der Waals surface area (Å²) in [6, 6.07) is 7.66. The first-order chi connectivity index (χ1) is 31.7. The van der Waals surface area contributed by atoms with E-state index in [0.29, 0.717) is 57.4 Å². The third-order valence-electron chi connectivity index (χ3n) is 15.0. The molecule has 3 atom stereocenters. The van der Waals surface area contributed by atoms with Gasteiger partial charge in [0, 0.05) is 43.8 Å². The van der Waals surface area contributed by atoms with Crippen molar-refractivity contribution in [3.63, 3.8) is 0 Å². The molecule has 2 aromatic heterocycles. The summed E-state index contributed by atoms with van der Waals surface area (Å²) < 4.78 is 65.5. The van der Waals surface area contributed by atoms with Gasteiger partial charge in [0.15, 0.2) is 12.6 Å². The van der Waals surface area contributed by atoms with E-state index in [1.807, 2.05) is 31.7 Å². The van der Waals surface area contributed by atoms with Crippen LogP contribution in [0.5, 0.6) is 17.5 Å². The van der Waals surface area contributed by atoms with Crippen LogP contribution in [0.25, 0.3) is 32.9 Å². The lowest BCUT2D eigenvalue weighted by atomic mass is 9.92. The monoisotopic (exact) mass is 933 g/mol. The minimum absolute atomic E-state index is 0.00216. The highest BCUT2D eigenvalue weighted by molar-refractivity contribution is 6.90. The molecule has 2 bridgehead atoms. The number of piperazine rings is 1. The van der Waals surface area contributed by atoms with Gasteiger partial charge in [-0.15, -0.1) is 5.54 Å². The van der Waals surface area contributed by atoms with Crippen molar-refractivity contribution >= 4 is 41.5 Å². The fraction of sp³-hybridized carbons (Fsp3) is 0.528. The Labute approximate surface area is 394 Å². The molecule has 0 aliphatic carbocycles. The SMILES string of the molecule is C=C1CN2CC(=C)CC2(COc2cc3c4c(nc(-c5cc(OCOC)cc6ccc(F)c(C#C[Si](C(C)C)(C(C)C)C(C)C)c56)c(F)c4n2)OC[C@@H]2[C@@H]4CC[C@H](CN32)N4C(=O)OC(C)(C)C)C1. The van der Waals surface area contributed by atoms with Crippen LogP contribution in [0.1, 0.15) is 93.6 Å². The molecular formula is C53H65F2N5O6Si. The quantitative estimate of drug-likeness (QED) is 0.0662. The Morgan fingerprint density at radius 2 is 1.66 bits per heavy atom. The molecule has 0 spiro atoms. The summed E-state index contributed by atoms with van der Waals surface area (Å²) in [7, 11) is -0.829. The Bertz CT molecular complexity index is 2700. The number of rotatable bonds is 10. The molecule has 0 saturated carbocycles. The van der Waals surface area contributed by atoms with Crippen LogP contribution in [0.2, 0.25) is 16.6 Å². The lowest BCUT2D eigenvalue weighted by Crippen LogP contribution is -2.63. The second-order valence-corrected chi connectivity index (χ2v) is 27.0. The van der Waals surface area contributed by atoms with Crippen LogP contribution in [0.3, 0.4) is 0 Å². The molecule has 11 nitrogen and oxygen atoms in total. The molecule has 1 amide bonds. The van der Waals surface area contributed by atoms with Crippen molar-refractivity contribution in [1.29, 1.82) is 0 Å². The lowest BCUT2D eigenvalue weighted by Gasteiger charge is -2.47. The number of benzene rings is 2. The fourth-order valence-electron chi connectivity index (χ4n) is 12.3. The molecule has 4 saturated heterocycles. The summed E-state index contributed by atoms with van der Waals surface area (Å²) in [4.78, 5) is 30.3. The maximum Gasteiger partial charge on any atom is 0.410 e. The van der Waals surface area contributed by atoms with Crippen LogP contribution >= 0.6 is 0 Å². The summed E-state index contributed by atoms with van der Waals surface area (Å²) in [6.45, 7) is 29.9. The number of ether oxygens (including phenoxy) is 5. The second-order valence-electron chi connectivity index (χ2n) is 21.4. The van der Waals surface area contributed by atoms with Gasteiger partial charge in [-0.25, -0.2) is 23.5 Å². The number of methoxy groups -OCH3 is 1. The largest absolute Gasteiger partial charge is 0.476 e. The molecule has 5 aliphatic rings. The standard InChI is InChI=1S/C53H65F2N5O6Si/c1-30(2)67(31(3)4,32(5)6)18-17-38-40(54)15-13-35-19-37(65-29-62-12)20-39(45(35)38)48-47(55)49-46-42(21-44(56-49)64-28-53-22-33(7)24-58(53)25-34(8)23-53)59-26-36-14-16-41(43(59)27-63-50(46)57-48)60(36)51(61)66-52(9,10)11/h13,15,19-21,30-32,36,41,43H,7-8,14,16,22-29H2,1-6,9-12H3/t36-,41+,43-/m1/s1. The van der Waals surface area contributed by atoms with Crippen LogP contribution < -0.4 is 19.1 Å². The van der Waals surface area contributed by atoms with Crippen LogP contribution in [-0.2, 0) is 9.47 Å². The number of amides is 1. The molecule has 7 heterocycles. The van der Waals surface area contributed by atoms with Crippen molar-refractivity contribution in [3.8, 4) is 40.2 Å². The van der Waals surface area contributed by atoms with Gasteiger partial charge in [0.05, 0.1) is 40.3 Å². The highest BCUT2D eigenvalue weighted by Gasteiger charge is 2.52. The number of fused-ring (bicyclic) bond motifs is 7. The molecule has 67 heavy (non-hydrogen) atoms. The Balaban J connectivity index is 1.25. The third-order valence-corrected chi connectivity index (χ3v) is 21.3. The van der Waals surface area contributed by atoms with E-state index in [-0.39, 0.29) is 77.3 Å². The second kappa shape index (κ2) is 17.4. The number of halogens is 2. The first kappa shape index (κ1) is 46.9. The number of carbonyl (C=O) groups is 1. The molecule has 0 N–H and O–H groups in total. The van der Waals surface area contributed by atoms with Gasteiger partial charge in [-0.1, -0.05) is 77.8 Å². The van der Waals surface area contributed by atoms with Gasteiger partial charge in [0.2, 0.25) is 11.8 Å². The summed E-state index contributed by atoms with van der Waals surface area (Å²) >= 11 is 0. The molecule has 2 aromatic carbocycles. The topological polar surface area (TPSA) is 98.7 Å². The Kier molecular flexibility index (Phi) is 12.2. The van der Waals surface area contributed by atoms with E-state index in [0.717, 1.165) is 49.9 Å². The van der Waals surface area contributed by atoms with E-state index in [9.17, 15) is 4.79 Å². The zero-order chi connectivity index (χ0) is 47.9. The molecule has 14 heteroatoms. The third kappa shape index (κ3) is 8.12. The van der Waals surface area contributed by atoms with E-state index in [4.69, 9.17) is 33.7 Å². The van der Waals surface area contributed by atoms with Crippen molar-refractivity contribution in [2.45, 2.75) is 134 Å². The fourth-order valence-corrected chi connectivity index (χ4v) is 17.5. The van der Waals surface area contributed by atoms with Gasteiger partial charge < -0.3 is 28.6 Å². The number of pyridine rings is 2. The zero-order valence-corrected chi connectivity index (χ0v) is 41.8. The first-order valence-electron chi connectivity index (χ1n) is 23.8. The number of hydrogen-bond acceptors (Lipinski definition) is 10. The Hall–Kier alpha value is -5.23. The van der Waals surface area contributed by atoms with Gasteiger partial charge >= 0.3 is 6.09 Å². The van der Waals surface area contributed by atoms with Crippen molar-refractivity contribution in [3.05, 3.63) is 71.8 Å². The van der Waals surface area contributed by atoms with E-state index in [2.05, 4.69) is 76.0 Å². The van der Waals surface area contributed by atoms with Gasteiger partial charge in [0.1, 0.15) is 49.7 Å². The summed E-state index contributed by atoms with van der Waals surface area (Å²) in [5, 5.41) is 1.39. The Morgan fingerprint density at radius 3 is 2.31 bits per heavy atom. The molecule has 0 radical (unpaired) electrons. The van der Waals surface area contributed by atoms with Crippen molar-refractivity contribution < 1.29 is 37.3 Å². The van der Waals surface area contributed by atoms with Crippen molar-refractivity contribution in [2.75, 3.05) is 51.7 Å². The predicted molar refractivity (Wildman–Crippen MR) is 262 cm³/mol. The minimum Gasteiger partial charge on any atom is -0.476 e. The first-order valence-corrected chi connectivity index (χ1v) is 26.1. The molecule has 4 aromatic rings. The molecule has 4 fully saturated rings. The maximum atomic E-state index is 18.3. The van der Waals surface area contributed by atoms with Crippen LogP contribution in [-0.4, -0.2) is 110 Å². The summed E-state index contributed by atoms with van der Waals surface area (Å²) in [5.74, 6) is 2.92. The smallest absolute Gasteiger partial charge is 0.410 e. The predicted octanol–water partition coefficient (Wildman–Crippen LogP) is 11.0. The molecule has 0 unspecified atom stereocenters. The van der Waals surface area contributed by atoms with Gasteiger partial charge in [0.25, 0.3) is 0 Å². The highest BCUT2D eigenvalue weighted by atomic mass is 28.3. The minimum atomic E-state index is -2.35. The van der Waals surface area contributed by atoms with E-state index >= 15 is 8.78 Å². The van der Waals surface area contributed by atoms with Gasteiger partial charge in [-0.2, -0.15) is 0 Å². The zero-order valence-electron chi connectivity index (χ0n) is 40.8. The van der Waals surface area contributed by atoms with E-state index in [1.54, 1.807) is 18.2 Å². The average Bonchev–Trinajstić information content (AvgIpc) is 3.81. The molecular weight excluding hydrogens is 869 g/mol.